The van der Waals surface area contributed by atoms with Crippen LogP contribution in [0.5, 0.6) is 0 Å². The minimum absolute atomic E-state index is 0.0407. The Hall–Kier alpha value is -3.93. The monoisotopic (exact) mass is 438 g/mol. The first-order chi connectivity index (χ1) is 16.1. The summed E-state index contributed by atoms with van der Waals surface area (Å²) in [5.41, 5.74) is 7.13. The average Bonchev–Trinajstić information content (AvgIpc) is 3.28. The molecule has 0 aliphatic carbocycles. The van der Waals surface area contributed by atoms with Crippen LogP contribution in [0.25, 0.3) is 11.1 Å². The number of likely N-dealkylation sites (tertiary alicyclic amines) is 1. The Balaban J connectivity index is 1.41. The maximum Gasteiger partial charge on any atom is 0.254 e. The van der Waals surface area contributed by atoms with Gasteiger partial charge in [0.25, 0.3) is 5.91 Å². The van der Waals surface area contributed by atoms with Crippen molar-refractivity contribution in [2.45, 2.75) is 25.9 Å². The van der Waals surface area contributed by atoms with E-state index in [1.165, 1.54) is 18.2 Å². The highest BCUT2D eigenvalue weighted by Gasteiger charge is 2.38. The molecule has 2 aliphatic heterocycles. The van der Waals surface area contributed by atoms with Crippen molar-refractivity contribution in [3.05, 3.63) is 89.5 Å². The SMILES string of the molecule is CON=C1C[C@@H](C2=NCc3ccccc3N2)N(C(=O)c2ccc(-c3ccccc3C)cc2)C1. The van der Waals surface area contributed by atoms with Gasteiger partial charge in [-0.15, -0.1) is 0 Å². The van der Waals surface area contributed by atoms with Crippen LogP contribution in [-0.2, 0) is 11.4 Å². The number of fused-ring (bicyclic) bond motifs is 1. The van der Waals surface area contributed by atoms with Crippen LogP contribution in [-0.4, -0.2) is 42.1 Å². The normalized spacial score (nSPS) is 18.5. The number of aryl methyl sites for hydroxylation is 1. The molecule has 5 rings (SSSR count). The first-order valence-corrected chi connectivity index (χ1v) is 11.1. The van der Waals surface area contributed by atoms with Crippen LogP contribution in [0.1, 0.15) is 27.9 Å². The molecule has 2 aliphatic rings. The molecule has 0 saturated carbocycles. The van der Waals surface area contributed by atoms with Gasteiger partial charge < -0.3 is 15.1 Å². The molecule has 0 spiro atoms. The number of benzene rings is 3. The molecule has 1 atom stereocenters. The molecule has 6 nitrogen and oxygen atoms in total. The number of rotatable bonds is 4. The highest BCUT2D eigenvalue weighted by atomic mass is 16.6. The fourth-order valence-electron chi connectivity index (χ4n) is 4.53. The number of nitrogens with zero attached hydrogens (tertiary/aromatic N) is 3. The molecule has 1 N–H and O–H groups in total. The van der Waals surface area contributed by atoms with E-state index in [4.69, 9.17) is 9.83 Å². The zero-order valence-electron chi connectivity index (χ0n) is 18.8. The molecule has 1 amide bonds. The van der Waals surface area contributed by atoms with Crippen molar-refractivity contribution in [1.29, 1.82) is 0 Å². The molecular weight excluding hydrogens is 412 g/mol. The molecule has 1 saturated heterocycles. The summed E-state index contributed by atoms with van der Waals surface area (Å²) < 4.78 is 0. The number of amides is 1. The molecule has 0 radical (unpaired) electrons. The summed E-state index contributed by atoms with van der Waals surface area (Å²) in [4.78, 5) is 25.2. The van der Waals surface area contributed by atoms with Gasteiger partial charge in [0.2, 0.25) is 0 Å². The van der Waals surface area contributed by atoms with Gasteiger partial charge in [0.05, 0.1) is 24.8 Å². The van der Waals surface area contributed by atoms with Gasteiger partial charge in [-0.05, 0) is 47.4 Å². The Bertz CT molecular complexity index is 1250. The topological polar surface area (TPSA) is 66.3 Å². The highest BCUT2D eigenvalue weighted by Crippen LogP contribution is 2.28. The van der Waals surface area contributed by atoms with Gasteiger partial charge in [-0.1, -0.05) is 59.8 Å². The van der Waals surface area contributed by atoms with E-state index in [1.807, 2.05) is 59.5 Å². The van der Waals surface area contributed by atoms with Crippen molar-refractivity contribution >= 4 is 23.1 Å². The first kappa shape index (κ1) is 20.9. The summed E-state index contributed by atoms with van der Waals surface area (Å²) in [6, 6.07) is 24.0. The van der Waals surface area contributed by atoms with Gasteiger partial charge >= 0.3 is 0 Å². The molecule has 166 valence electrons. The van der Waals surface area contributed by atoms with Gasteiger partial charge in [0.15, 0.2) is 0 Å². The number of aliphatic imine (C=N–C) groups is 1. The molecular formula is C27H26N4O2. The van der Waals surface area contributed by atoms with Crippen molar-refractivity contribution in [3.63, 3.8) is 0 Å². The molecule has 0 unspecified atom stereocenters. The lowest BCUT2D eigenvalue weighted by Gasteiger charge is -2.28. The third-order valence-corrected chi connectivity index (χ3v) is 6.24. The Morgan fingerprint density at radius 2 is 1.82 bits per heavy atom. The summed E-state index contributed by atoms with van der Waals surface area (Å²) in [6.07, 6.45) is 0.592. The van der Waals surface area contributed by atoms with E-state index in [0.29, 0.717) is 25.1 Å². The van der Waals surface area contributed by atoms with E-state index in [9.17, 15) is 4.79 Å². The van der Waals surface area contributed by atoms with Crippen molar-refractivity contribution < 1.29 is 9.63 Å². The Morgan fingerprint density at radius 3 is 2.61 bits per heavy atom. The molecule has 33 heavy (non-hydrogen) atoms. The van der Waals surface area contributed by atoms with Crippen LogP contribution in [0.4, 0.5) is 5.69 Å². The van der Waals surface area contributed by atoms with E-state index in [1.54, 1.807) is 0 Å². The van der Waals surface area contributed by atoms with Gasteiger partial charge in [0, 0.05) is 17.7 Å². The predicted molar refractivity (Wildman–Crippen MR) is 132 cm³/mol. The Labute approximate surface area is 193 Å². The number of hydrogen-bond acceptors (Lipinski definition) is 5. The van der Waals surface area contributed by atoms with E-state index >= 15 is 0 Å². The fourth-order valence-corrected chi connectivity index (χ4v) is 4.53. The second-order valence-corrected chi connectivity index (χ2v) is 8.37. The Kier molecular flexibility index (Phi) is 5.65. The highest BCUT2D eigenvalue weighted by molar-refractivity contribution is 6.10. The zero-order chi connectivity index (χ0) is 22.8. The molecule has 0 aromatic heterocycles. The van der Waals surface area contributed by atoms with E-state index in [0.717, 1.165) is 28.4 Å². The second-order valence-electron chi connectivity index (χ2n) is 8.37. The first-order valence-electron chi connectivity index (χ1n) is 11.1. The third-order valence-electron chi connectivity index (χ3n) is 6.24. The van der Waals surface area contributed by atoms with Crippen molar-refractivity contribution in [1.82, 2.24) is 4.90 Å². The van der Waals surface area contributed by atoms with Crippen LogP contribution in [0.15, 0.2) is 82.9 Å². The number of carbonyl (C=O) groups excluding carboxylic acids is 1. The molecule has 0 bridgehead atoms. The van der Waals surface area contributed by atoms with Gasteiger partial charge in [-0.3, -0.25) is 9.79 Å². The number of carbonyl (C=O) groups is 1. The lowest BCUT2D eigenvalue weighted by Crippen LogP contribution is -2.44. The Morgan fingerprint density at radius 1 is 1.06 bits per heavy atom. The molecule has 2 heterocycles. The lowest BCUT2D eigenvalue weighted by molar-refractivity contribution is 0.0774. The summed E-state index contributed by atoms with van der Waals surface area (Å²) in [5, 5.41) is 7.58. The van der Waals surface area contributed by atoms with E-state index < -0.39 is 0 Å². The number of oxime groups is 1. The zero-order valence-corrected chi connectivity index (χ0v) is 18.8. The summed E-state index contributed by atoms with van der Waals surface area (Å²) in [7, 11) is 1.53. The fraction of sp³-hybridized carbons (Fsp3) is 0.222. The number of para-hydroxylation sites is 1. The number of amidine groups is 1. The smallest absolute Gasteiger partial charge is 0.254 e. The van der Waals surface area contributed by atoms with Crippen LogP contribution < -0.4 is 5.32 Å². The van der Waals surface area contributed by atoms with Gasteiger partial charge in [-0.2, -0.15) is 0 Å². The summed E-state index contributed by atoms with van der Waals surface area (Å²) >= 11 is 0. The van der Waals surface area contributed by atoms with Crippen molar-refractivity contribution in [3.8, 4) is 11.1 Å². The summed E-state index contributed by atoms with van der Waals surface area (Å²) in [6.45, 7) is 3.11. The van der Waals surface area contributed by atoms with Crippen LogP contribution in [0.2, 0.25) is 0 Å². The van der Waals surface area contributed by atoms with E-state index in [-0.39, 0.29) is 11.9 Å². The molecule has 3 aromatic rings. The van der Waals surface area contributed by atoms with Crippen LogP contribution >= 0.6 is 0 Å². The third kappa shape index (κ3) is 4.12. The van der Waals surface area contributed by atoms with Gasteiger partial charge in [-0.25, -0.2) is 0 Å². The van der Waals surface area contributed by atoms with Crippen molar-refractivity contribution in [2.24, 2.45) is 10.1 Å². The molecule has 3 aromatic carbocycles. The standard InChI is InChI=1S/C27H26N4O2/c1-18-7-3-5-9-23(18)19-11-13-20(14-12-19)27(32)31-17-22(30-33-2)15-25(31)26-28-16-21-8-4-6-10-24(21)29-26/h3-14,25H,15-17H2,1-2H3,(H,28,29)/t25-/m0/s1. The minimum atomic E-state index is -0.212. The summed E-state index contributed by atoms with van der Waals surface area (Å²) in [5.74, 6) is 0.751. The second kappa shape index (κ2) is 8.90. The van der Waals surface area contributed by atoms with Crippen molar-refractivity contribution in [2.75, 3.05) is 19.0 Å². The predicted octanol–water partition coefficient (Wildman–Crippen LogP) is 4.90. The number of nitrogens with one attached hydrogen (secondary N) is 1. The quantitative estimate of drug-likeness (QED) is 0.589. The average molecular weight is 439 g/mol. The largest absolute Gasteiger partial charge is 0.399 e. The van der Waals surface area contributed by atoms with Gasteiger partial charge in [0.1, 0.15) is 12.9 Å². The number of hydrogen-bond donors (Lipinski definition) is 1. The van der Waals surface area contributed by atoms with Crippen LogP contribution in [0, 0.1) is 6.92 Å². The van der Waals surface area contributed by atoms with Crippen LogP contribution in [0.3, 0.4) is 0 Å². The lowest BCUT2D eigenvalue weighted by atomic mass is 9.99. The maximum absolute atomic E-state index is 13.6. The maximum atomic E-state index is 13.6. The van der Waals surface area contributed by atoms with E-state index in [2.05, 4.69) is 35.6 Å². The molecule has 6 heteroatoms. The molecule has 1 fully saturated rings. The minimum Gasteiger partial charge on any atom is -0.399 e. The number of anilines is 1.